The summed E-state index contributed by atoms with van der Waals surface area (Å²) in [6.07, 6.45) is -7.95. The first-order valence-electron chi connectivity index (χ1n) is 8.99. The van der Waals surface area contributed by atoms with E-state index in [2.05, 4.69) is 20.6 Å². The van der Waals surface area contributed by atoms with E-state index >= 15 is 0 Å². The van der Waals surface area contributed by atoms with Gasteiger partial charge in [-0.25, -0.2) is 14.8 Å². The maximum atomic E-state index is 12.9. The van der Waals surface area contributed by atoms with Crippen molar-refractivity contribution in [3.8, 4) is 0 Å². The molecule has 0 bridgehead atoms. The fourth-order valence-electron chi connectivity index (χ4n) is 2.49. The van der Waals surface area contributed by atoms with Crippen molar-refractivity contribution in [2.24, 2.45) is 5.73 Å². The Morgan fingerprint density at radius 2 is 1.88 bits per heavy atom. The van der Waals surface area contributed by atoms with Crippen LogP contribution in [0.1, 0.15) is 28.8 Å². The monoisotopic (exact) mass is 485 g/mol. The third kappa shape index (κ3) is 7.21. The number of carbonyl (C=O) groups is 1. The van der Waals surface area contributed by atoms with Crippen molar-refractivity contribution in [3.63, 3.8) is 0 Å². The molecule has 14 heteroatoms. The van der Waals surface area contributed by atoms with Gasteiger partial charge in [-0.3, -0.25) is 0 Å². The molecule has 176 valence electrons. The lowest BCUT2D eigenvalue weighted by atomic mass is 9.99. The van der Waals surface area contributed by atoms with Gasteiger partial charge in [0.25, 0.3) is 0 Å². The lowest BCUT2D eigenvalue weighted by Gasteiger charge is -2.26. The number of hydrogen-bond donors (Lipinski definition) is 4. The molecule has 2 heterocycles. The Morgan fingerprint density at radius 1 is 1.25 bits per heavy atom. The van der Waals surface area contributed by atoms with Crippen LogP contribution in [0.5, 0.6) is 0 Å². The topological polar surface area (TPSA) is 113 Å². The molecule has 1 atom stereocenters. The number of hydrogen-bond acceptors (Lipinski definition) is 6. The standard InChI is InChI=1S/C16H17ClF3N5.C2HF3O2/c17-12-2-1-9(5-11(12)16(18,19)20)13(21)8-24-15-23-4-3-14(25-15)10-6-22-7-10;3-2(4,5)1(6)7/h1-5,10,13,22H,6-8,21H2,(H,23,24,25);(H,6,7). The fraction of sp³-hybridized carbons (Fsp3) is 0.389. The maximum Gasteiger partial charge on any atom is 0.490 e. The number of nitrogens with zero attached hydrogens (tertiary/aromatic N) is 2. The predicted octanol–water partition coefficient (Wildman–Crippen LogP) is 3.58. The van der Waals surface area contributed by atoms with Gasteiger partial charge in [-0.2, -0.15) is 26.3 Å². The lowest BCUT2D eigenvalue weighted by molar-refractivity contribution is -0.192. The van der Waals surface area contributed by atoms with Crippen LogP contribution in [-0.2, 0) is 11.0 Å². The van der Waals surface area contributed by atoms with Crippen molar-refractivity contribution >= 4 is 23.5 Å². The predicted molar refractivity (Wildman–Crippen MR) is 103 cm³/mol. The molecule has 1 aliphatic rings. The molecule has 0 radical (unpaired) electrons. The van der Waals surface area contributed by atoms with Gasteiger partial charge in [0, 0.05) is 37.8 Å². The van der Waals surface area contributed by atoms with E-state index in [1.165, 1.54) is 12.1 Å². The van der Waals surface area contributed by atoms with E-state index in [0.717, 1.165) is 24.8 Å². The van der Waals surface area contributed by atoms with Crippen LogP contribution in [0.3, 0.4) is 0 Å². The summed E-state index contributed by atoms with van der Waals surface area (Å²) in [7, 11) is 0. The second kappa shape index (κ2) is 10.3. The summed E-state index contributed by atoms with van der Waals surface area (Å²) in [4.78, 5) is 17.4. The van der Waals surface area contributed by atoms with Crippen LogP contribution >= 0.6 is 11.6 Å². The molecule has 1 aromatic carbocycles. The summed E-state index contributed by atoms with van der Waals surface area (Å²) in [6.45, 7) is 1.95. The molecule has 0 spiro atoms. The zero-order valence-electron chi connectivity index (χ0n) is 16.1. The number of carboxylic acids is 1. The minimum atomic E-state index is -5.08. The fourth-order valence-corrected chi connectivity index (χ4v) is 2.72. The summed E-state index contributed by atoms with van der Waals surface area (Å²) in [6, 6.07) is 4.87. The first kappa shape index (κ1) is 25.6. The van der Waals surface area contributed by atoms with Crippen LogP contribution in [0, 0.1) is 0 Å². The number of nitrogens with one attached hydrogen (secondary N) is 2. The Hall–Kier alpha value is -2.64. The van der Waals surface area contributed by atoms with E-state index in [0.29, 0.717) is 17.4 Å². The highest BCUT2D eigenvalue weighted by Gasteiger charge is 2.38. The third-order valence-electron chi connectivity index (χ3n) is 4.32. The number of anilines is 1. The number of nitrogens with two attached hydrogens (primary N) is 1. The highest BCUT2D eigenvalue weighted by Crippen LogP contribution is 2.35. The molecule has 0 aliphatic carbocycles. The van der Waals surface area contributed by atoms with Crippen molar-refractivity contribution in [3.05, 3.63) is 52.3 Å². The average molecular weight is 486 g/mol. The van der Waals surface area contributed by atoms with Crippen molar-refractivity contribution in [2.75, 3.05) is 25.0 Å². The zero-order valence-corrected chi connectivity index (χ0v) is 16.9. The number of benzene rings is 1. The highest BCUT2D eigenvalue weighted by molar-refractivity contribution is 6.31. The van der Waals surface area contributed by atoms with E-state index in [-0.39, 0.29) is 11.6 Å². The normalized spacial score (nSPS) is 15.2. The SMILES string of the molecule is NC(CNc1nccc(C2CNC2)n1)c1ccc(Cl)c(C(F)(F)F)c1.O=C(O)C(F)(F)F. The minimum absolute atomic E-state index is 0.200. The average Bonchev–Trinajstić information content (AvgIpc) is 2.64. The van der Waals surface area contributed by atoms with Crippen LogP contribution in [0.4, 0.5) is 32.3 Å². The second-order valence-corrected chi connectivity index (χ2v) is 7.09. The summed E-state index contributed by atoms with van der Waals surface area (Å²) in [5.74, 6) is -1.99. The number of halogens is 7. The lowest BCUT2D eigenvalue weighted by Crippen LogP contribution is -2.40. The molecule has 1 aromatic heterocycles. The van der Waals surface area contributed by atoms with Crippen LogP contribution in [-0.4, -0.2) is 46.9 Å². The molecule has 3 rings (SSSR count). The number of aromatic nitrogens is 2. The molecule has 1 saturated heterocycles. The Bertz CT molecular complexity index is 937. The molecule has 0 amide bonds. The van der Waals surface area contributed by atoms with Gasteiger partial charge in [0.2, 0.25) is 5.95 Å². The molecule has 7 nitrogen and oxygen atoms in total. The molecule has 5 N–H and O–H groups in total. The summed E-state index contributed by atoms with van der Waals surface area (Å²) < 4.78 is 70.5. The van der Waals surface area contributed by atoms with Gasteiger partial charge in [-0.1, -0.05) is 17.7 Å². The number of alkyl halides is 6. The number of rotatable bonds is 5. The molecular formula is C18H18ClF6N5O2. The molecular weight excluding hydrogens is 468 g/mol. The second-order valence-electron chi connectivity index (χ2n) is 6.69. The highest BCUT2D eigenvalue weighted by atomic mass is 35.5. The van der Waals surface area contributed by atoms with Crippen LogP contribution < -0.4 is 16.4 Å². The first-order valence-corrected chi connectivity index (χ1v) is 9.36. The summed E-state index contributed by atoms with van der Waals surface area (Å²) >= 11 is 5.62. The molecule has 32 heavy (non-hydrogen) atoms. The minimum Gasteiger partial charge on any atom is -0.475 e. The first-order chi connectivity index (χ1) is 14.8. The maximum absolute atomic E-state index is 12.9. The summed E-state index contributed by atoms with van der Waals surface area (Å²) in [5, 5.41) is 12.9. The Labute approximate surface area is 183 Å². The smallest absolute Gasteiger partial charge is 0.475 e. The van der Waals surface area contributed by atoms with Gasteiger partial charge < -0.3 is 21.5 Å². The van der Waals surface area contributed by atoms with Gasteiger partial charge in [0.05, 0.1) is 16.3 Å². The zero-order chi connectivity index (χ0) is 24.1. The van der Waals surface area contributed by atoms with Crippen LogP contribution in [0.2, 0.25) is 5.02 Å². The molecule has 2 aromatic rings. The van der Waals surface area contributed by atoms with Gasteiger partial charge in [-0.05, 0) is 23.8 Å². The number of carboxylic acid groups (broad SMARTS) is 1. The van der Waals surface area contributed by atoms with Crippen LogP contribution in [0.25, 0.3) is 0 Å². The van der Waals surface area contributed by atoms with E-state index in [1.54, 1.807) is 6.20 Å². The molecule has 1 unspecified atom stereocenters. The van der Waals surface area contributed by atoms with Crippen LogP contribution in [0.15, 0.2) is 30.5 Å². The van der Waals surface area contributed by atoms with Crippen molar-refractivity contribution in [1.82, 2.24) is 15.3 Å². The number of aliphatic carboxylic acids is 1. The Morgan fingerprint density at radius 3 is 2.38 bits per heavy atom. The molecule has 1 fully saturated rings. The van der Waals surface area contributed by atoms with Gasteiger partial charge in [0.1, 0.15) is 0 Å². The summed E-state index contributed by atoms with van der Waals surface area (Å²) in [5.41, 5.74) is 6.37. The Kier molecular flexibility index (Phi) is 8.26. The van der Waals surface area contributed by atoms with Crippen molar-refractivity contribution < 1.29 is 36.2 Å². The van der Waals surface area contributed by atoms with Gasteiger partial charge in [-0.15, -0.1) is 0 Å². The van der Waals surface area contributed by atoms with E-state index in [4.69, 9.17) is 27.2 Å². The molecule has 0 saturated carbocycles. The van der Waals surface area contributed by atoms with Gasteiger partial charge >= 0.3 is 18.3 Å². The van der Waals surface area contributed by atoms with E-state index < -0.39 is 29.9 Å². The largest absolute Gasteiger partial charge is 0.490 e. The molecule has 1 aliphatic heterocycles. The van der Waals surface area contributed by atoms with E-state index in [9.17, 15) is 26.3 Å². The van der Waals surface area contributed by atoms with Crippen molar-refractivity contribution in [1.29, 1.82) is 0 Å². The third-order valence-corrected chi connectivity index (χ3v) is 4.65. The van der Waals surface area contributed by atoms with Gasteiger partial charge in [0.15, 0.2) is 0 Å². The van der Waals surface area contributed by atoms with Crippen molar-refractivity contribution in [2.45, 2.75) is 24.3 Å². The van der Waals surface area contributed by atoms with E-state index in [1.807, 2.05) is 6.07 Å². The quantitative estimate of drug-likeness (QED) is 0.479. The Balaban J connectivity index is 0.000000451.